The van der Waals surface area contributed by atoms with Gasteiger partial charge in [-0.1, -0.05) is 12.8 Å². The Morgan fingerprint density at radius 2 is 2.06 bits per heavy atom. The van der Waals surface area contributed by atoms with Crippen LogP contribution < -0.4 is 5.32 Å². The molecule has 0 bridgehead atoms. The summed E-state index contributed by atoms with van der Waals surface area (Å²) < 4.78 is 0. The molecule has 0 spiro atoms. The zero-order valence-electron chi connectivity index (χ0n) is 9.82. The summed E-state index contributed by atoms with van der Waals surface area (Å²) >= 11 is 0. The van der Waals surface area contributed by atoms with Crippen LogP contribution in [0.4, 0.5) is 0 Å². The standard InChI is InChI=1S/C12H22N2O2/c15-9-10-5-6-14(8-10)12(16)7-13-11-3-1-2-4-11/h10-11,13,15H,1-9H2. The van der Waals surface area contributed by atoms with Crippen LogP contribution in [0.5, 0.6) is 0 Å². The van der Waals surface area contributed by atoms with Crippen molar-refractivity contribution in [1.82, 2.24) is 10.2 Å². The molecule has 1 unspecified atom stereocenters. The molecule has 2 rings (SSSR count). The number of aliphatic hydroxyl groups excluding tert-OH is 1. The van der Waals surface area contributed by atoms with E-state index >= 15 is 0 Å². The first-order valence-electron chi connectivity index (χ1n) is 6.41. The van der Waals surface area contributed by atoms with Gasteiger partial charge in [0, 0.05) is 31.7 Å². The molecule has 0 aromatic rings. The predicted octanol–water partition coefficient (Wildman–Crippen LogP) is 0.359. The lowest BCUT2D eigenvalue weighted by molar-refractivity contribution is -0.129. The number of nitrogens with zero attached hydrogens (tertiary/aromatic N) is 1. The van der Waals surface area contributed by atoms with Gasteiger partial charge >= 0.3 is 0 Å². The predicted molar refractivity (Wildman–Crippen MR) is 62.0 cm³/mol. The normalized spacial score (nSPS) is 26.6. The van der Waals surface area contributed by atoms with Crippen molar-refractivity contribution in [2.75, 3.05) is 26.2 Å². The smallest absolute Gasteiger partial charge is 0.236 e. The van der Waals surface area contributed by atoms with E-state index in [1.54, 1.807) is 0 Å². The van der Waals surface area contributed by atoms with Crippen molar-refractivity contribution in [3.8, 4) is 0 Å². The fraction of sp³-hybridized carbons (Fsp3) is 0.917. The van der Waals surface area contributed by atoms with E-state index in [0.29, 0.717) is 18.5 Å². The largest absolute Gasteiger partial charge is 0.396 e. The Hall–Kier alpha value is -0.610. The maximum Gasteiger partial charge on any atom is 0.236 e. The van der Waals surface area contributed by atoms with Gasteiger partial charge in [-0.15, -0.1) is 0 Å². The van der Waals surface area contributed by atoms with Gasteiger partial charge < -0.3 is 15.3 Å². The van der Waals surface area contributed by atoms with Crippen molar-refractivity contribution < 1.29 is 9.90 Å². The van der Waals surface area contributed by atoms with Crippen molar-refractivity contribution in [3.05, 3.63) is 0 Å². The second kappa shape index (κ2) is 5.64. The Bertz CT molecular complexity index is 239. The van der Waals surface area contributed by atoms with Crippen molar-refractivity contribution in [2.45, 2.75) is 38.1 Å². The van der Waals surface area contributed by atoms with Gasteiger partial charge in [0.25, 0.3) is 0 Å². The summed E-state index contributed by atoms with van der Waals surface area (Å²) in [7, 11) is 0. The maximum atomic E-state index is 11.8. The molecule has 1 saturated carbocycles. The topological polar surface area (TPSA) is 52.6 Å². The van der Waals surface area contributed by atoms with Crippen molar-refractivity contribution in [1.29, 1.82) is 0 Å². The van der Waals surface area contributed by atoms with Crippen molar-refractivity contribution >= 4 is 5.91 Å². The Morgan fingerprint density at radius 3 is 2.69 bits per heavy atom. The van der Waals surface area contributed by atoms with Gasteiger partial charge in [0.2, 0.25) is 5.91 Å². The van der Waals surface area contributed by atoms with Crippen LogP contribution in [0.2, 0.25) is 0 Å². The molecular weight excluding hydrogens is 204 g/mol. The van der Waals surface area contributed by atoms with Crippen LogP contribution >= 0.6 is 0 Å². The van der Waals surface area contributed by atoms with Crippen LogP contribution in [-0.2, 0) is 4.79 Å². The van der Waals surface area contributed by atoms with Crippen molar-refractivity contribution in [2.24, 2.45) is 5.92 Å². The molecule has 1 saturated heterocycles. The van der Waals surface area contributed by atoms with Gasteiger partial charge in [0.05, 0.1) is 6.54 Å². The maximum absolute atomic E-state index is 11.8. The summed E-state index contributed by atoms with van der Waals surface area (Å²) in [6, 6.07) is 0.556. The Labute approximate surface area is 97.0 Å². The third-order valence-corrected chi connectivity index (χ3v) is 3.79. The molecule has 4 nitrogen and oxygen atoms in total. The molecule has 2 aliphatic rings. The Balaban J connectivity index is 1.67. The minimum atomic E-state index is 0.197. The van der Waals surface area contributed by atoms with Crippen LogP contribution in [0, 0.1) is 5.92 Å². The number of carbonyl (C=O) groups is 1. The lowest BCUT2D eigenvalue weighted by atomic mass is 10.1. The lowest BCUT2D eigenvalue weighted by Gasteiger charge is -2.18. The third-order valence-electron chi connectivity index (χ3n) is 3.79. The van der Waals surface area contributed by atoms with Crippen LogP contribution in [0.25, 0.3) is 0 Å². The van der Waals surface area contributed by atoms with Gasteiger partial charge in [-0.3, -0.25) is 4.79 Å². The second-order valence-corrected chi connectivity index (χ2v) is 5.04. The Morgan fingerprint density at radius 1 is 1.31 bits per heavy atom. The van der Waals surface area contributed by atoms with Gasteiger partial charge in [-0.2, -0.15) is 0 Å². The molecule has 92 valence electrons. The molecule has 1 amide bonds. The van der Waals surface area contributed by atoms with Crippen LogP contribution in [0.1, 0.15) is 32.1 Å². The van der Waals surface area contributed by atoms with Crippen LogP contribution in [-0.4, -0.2) is 48.2 Å². The average Bonchev–Trinajstić information content (AvgIpc) is 2.96. The van der Waals surface area contributed by atoms with Crippen molar-refractivity contribution in [3.63, 3.8) is 0 Å². The highest BCUT2D eigenvalue weighted by atomic mass is 16.3. The summed E-state index contributed by atoms with van der Waals surface area (Å²) in [6.45, 7) is 2.24. The summed E-state index contributed by atoms with van der Waals surface area (Å²) in [5, 5.41) is 12.4. The first-order chi connectivity index (χ1) is 7.79. The van der Waals surface area contributed by atoms with E-state index in [1.807, 2.05) is 4.90 Å². The molecular formula is C12H22N2O2. The molecule has 1 atom stereocenters. The Kier molecular flexibility index (Phi) is 4.18. The van der Waals surface area contributed by atoms with Gasteiger partial charge in [0.15, 0.2) is 0 Å². The van der Waals surface area contributed by atoms with E-state index in [9.17, 15) is 4.79 Å². The highest BCUT2D eigenvalue weighted by Crippen LogP contribution is 2.18. The monoisotopic (exact) mass is 226 g/mol. The molecule has 16 heavy (non-hydrogen) atoms. The van der Waals surface area contributed by atoms with E-state index in [4.69, 9.17) is 5.11 Å². The molecule has 1 aliphatic heterocycles. The van der Waals surface area contributed by atoms with Gasteiger partial charge in [0.1, 0.15) is 0 Å². The number of aliphatic hydroxyl groups is 1. The number of rotatable bonds is 4. The highest BCUT2D eigenvalue weighted by Gasteiger charge is 2.26. The quantitative estimate of drug-likeness (QED) is 0.728. The number of likely N-dealkylation sites (tertiary alicyclic amines) is 1. The number of carbonyl (C=O) groups excluding carboxylic acids is 1. The van der Waals surface area contributed by atoms with E-state index in [1.165, 1.54) is 25.7 Å². The molecule has 1 heterocycles. The van der Waals surface area contributed by atoms with Gasteiger partial charge in [-0.25, -0.2) is 0 Å². The van der Waals surface area contributed by atoms with E-state index in [0.717, 1.165) is 19.5 Å². The molecule has 1 aliphatic carbocycles. The van der Waals surface area contributed by atoms with Gasteiger partial charge in [-0.05, 0) is 19.3 Å². The second-order valence-electron chi connectivity index (χ2n) is 5.04. The average molecular weight is 226 g/mol. The summed E-state index contributed by atoms with van der Waals surface area (Å²) in [4.78, 5) is 13.7. The molecule has 2 fully saturated rings. The zero-order valence-corrected chi connectivity index (χ0v) is 9.82. The molecule has 4 heteroatoms. The minimum Gasteiger partial charge on any atom is -0.396 e. The minimum absolute atomic E-state index is 0.197. The first kappa shape index (κ1) is 11.9. The van der Waals surface area contributed by atoms with E-state index in [-0.39, 0.29) is 12.5 Å². The molecule has 0 aromatic carbocycles. The number of hydrogen-bond donors (Lipinski definition) is 2. The fourth-order valence-electron chi connectivity index (χ4n) is 2.68. The summed E-state index contributed by atoms with van der Waals surface area (Å²) in [5.41, 5.74) is 0. The molecule has 2 N–H and O–H groups in total. The molecule has 0 radical (unpaired) electrons. The lowest BCUT2D eigenvalue weighted by Crippen LogP contribution is -2.40. The van der Waals surface area contributed by atoms with Crippen LogP contribution in [0.15, 0.2) is 0 Å². The SMILES string of the molecule is O=C(CNC1CCCC1)N1CCC(CO)C1. The molecule has 0 aromatic heterocycles. The first-order valence-corrected chi connectivity index (χ1v) is 6.41. The fourth-order valence-corrected chi connectivity index (χ4v) is 2.68. The zero-order chi connectivity index (χ0) is 11.4. The van der Waals surface area contributed by atoms with E-state index < -0.39 is 0 Å². The van der Waals surface area contributed by atoms with Crippen LogP contribution in [0.3, 0.4) is 0 Å². The third kappa shape index (κ3) is 2.95. The number of hydrogen-bond acceptors (Lipinski definition) is 3. The van der Waals surface area contributed by atoms with E-state index in [2.05, 4.69) is 5.32 Å². The summed E-state index contributed by atoms with van der Waals surface area (Å²) in [6.07, 6.45) is 5.97. The highest BCUT2D eigenvalue weighted by molar-refractivity contribution is 5.78. The summed E-state index contributed by atoms with van der Waals surface area (Å²) in [5.74, 6) is 0.498. The number of amides is 1. The number of nitrogens with one attached hydrogen (secondary N) is 1.